The van der Waals surface area contributed by atoms with Crippen LogP contribution >= 0.6 is 0 Å². The fraction of sp³-hybridized carbons (Fsp3) is 0.923. The lowest BCUT2D eigenvalue weighted by Gasteiger charge is -2.33. The first kappa shape index (κ1) is 13.8. The average Bonchev–Trinajstić information content (AvgIpc) is 1.96. The molecule has 0 amide bonds. The van der Waals surface area contributed by atoms with E-state index < -0.39 is 8.07 Å². The predicted octanol–water partition coefficient (Wildman–Crippen LogP) is 3.84. The van der Waals surface area contributed by atoms with E-state index in [-0.39, 0.29) is 11.6 Å². The van der Waals surface area contributed by atoms with Crippen molar-refractivity contribution < 1.29 is 9.53 Å². The van der Waals surface area contributed by atoms with Gasteiger partial charge in [-0.05, 0) is 26.7 Å². The van der Waals surface area contributed by atoms with Crippen LogP contribution in [0.1, 0.15) is 40.0 Å². The van der Waals surface area contributed by atoms with Gasteiger partial charge in [0.25, 0.3) is 0 Å². The lowest BCUT2D eigenvalue weighted by molar-refractivity contribution is -0.155. The maximum Gasteiger partial charge on any atom is 0.306 e. The molecule has 0 bridgehead atoms. The van der Waals surface area contributed by atoms with E-state index in [0.717, 1.165) is 0 Å². The molecule has 1 aliphatic rings. The van der Waals surface area contributed by atoms with Gasteiger partial charge in [-0.2, -0.15) is 0 Å². The molecule has 1 heterocycles. The minimum absolute atomic E-state index is 0.01000. The van der Waals surface area contributed by atoms with Gasteiger partial charge in [-0.25, -0.2) is 0 Å². The highest BCUT2D eigenvalue weighted by Gasteiger charge is 2.31. The van der Waals surface area contributed by atoms with Gasteiger partial charge in [-0.15, -0.1) is 0 Å². The second kappa shape index (κ2) is 4.90. The van der Waals surface area contributed by atoms with E-state index in [0.29, 0.717) is 12.3 Å². The highest BCUT2D eigenvalue weighted by Crippen LogP contribution is 2.34. The van der Waals surface area contributed by atoms with E-state index in [1.54, 1.807) is 0 Å². The van der Waals surface area contributed by atoms with E-state index in [1.165, 1.54) is 24.9 Å². The van der Waals surface area contributed by atoms with Crippen molar-refractivity contribution >= 4 is 14.0 Å². The Morgan fingerprint density at radius 1 is 1.38 bits per heavy atom. The first-order valence-corrected chi connectivity index (χ1v) is 9.81. The van der Waals surface area contributed by atoms with Gasteiger partial charge < -0.3 is 4.74 Å². The van der Waals surface area contributed by atoms with Gasteiger partial charge in [-0.1, -0.05) is 38.0 Å². The molecule has 1 unspecified atom stereocenters. The number of rotatable bonds is 2. The molecule has 0 aliphatic carbocycles. The van der Waals surface area contributed by atoms with Crippen molar-refractivity contribution in [2.75, 3.05) is 0 Å². The number of ether oxygens (including phenoxy) is 1. The lowest BCUT2D eigenvalue weighted by atomic mass is 10.0. The van der Waals surface area contributed by atoms with Crippen LogP contribution in [0.15, 0.2) is 0 Å². The summed E-state index contributed by atoms with van der Waals surface area (Å²) in [6.07, 6.45) is 3.16. The van der Waals surface area contributed by atoms with Crippen LogP contribution in [0.2, 0.25) is 25.2 Å². The summed E-state index contributed by atoms with van der Waals surface area (Å²) in [5, 5.41) is 0. The van der Waals surface area contributed by atoms with Gasteiger partial charge in [0.05, 0.1) is 0 Å². The van der Waals surface area contributed by atoms with E-state index in [9.17, 15) is 4.79 Å². The van der Waals surface area contributed by atoms with Crippen LogP contribution < -0.4 is 0 Å². The molecule has 0 N–H and O–H groups in total. The zero-order valence-corrected chi connectivity index (χ0v) is 12.4. The topological polar surface area (TPSA) is 26.3 Å². The van der Waals surface area contributed by atoms with Crippen molar-refractivity contribution in [1.82, 2.24) is 0 Å². The molecular formula is C13H26O2Si. The Morgan fingerprint density at radius 3 is 2.50 bits per heavy atom. The van der Waals surface area contributed by atoms with Crippen LogP contribution in [0, 0.1) is 5.92 Å². The first-order valence-electron chi connectivity index (χ1n) is 6.40. The van der Waals surface area contributed by atoms with Crippen molar-refractivity contribution in [3.8, 4) is 0 Å². The average molecular weight is 242 g/mol. The molecule has 1 rings (SSSR count). The van der Waals surface area contributed by atoms with Crippen molar-refractivity contribution in [2.24, 2.45) is 5.92 Å². The molecule has 94 valence electrons. The van der Waals surface area contributed by atoms with Gasteiger partial charge in [-0.3, -0.25) is 4.79 Å². The molecule has 0 saturated carbocycles. The number of hydrogen-bond acceptors (Lipinski definition) is 2. The molecule has 1 fully saturated rings. The molecule has 2 nitrogen and oxygen atoms in total. The highest BCUT2D eigenvalue weighted by atomic mass is 28.3. The molecule has 1 atom stereocenters. The molecule has 0 spiro atoms. The Morgan fingerprint density at radius 2 is 2.00 bits per heavy atom. The Labute approximate surface area is 101 Å². The predicted molar refractivity (Wildman–Crippen MR) is 70.3 cm³/mol. The number of esters is 1. The zero-order chi connectivity index (χ0) is 12.4. The fourth-order valence-electron chi connectivity index (χ4n) is 2.65. The van der Waals surface area contributed by atoms with Crippen LogP contribution in [0.5, 0.6) is 0 Å². The van der Waals surface area contributed by atoms with Crippen LogP contribution in [0.4, 0.5) is 0 Å². The third kappa shape index (κ3) is 5.15. The fourth-order valence-corrected chi connectivity index (χ4v) is 5.92. The molecule has 1 aliphatic heterocycles. The van der Waals surface area contributed by atoms with Gasteiger partial charge in [0.15, 0.2) is 0 Å². The Balaban J connectivity index is 2.40. The van der Waals surface area contributed by atoms with Crippen LogP contribution in [-0.2, 0) is 9.53 Å². The summed E-state index contributed by atoms with van der Waals surface area (Å²) in [6, 6.07) is 2.73. The summed E-state index contributed by atoms with van der Waals surface area (Å²) < 4.78 is 5.39. The largest absolute Gasteiger partial charge is 0.460 e. The first-order chi connectivity index (χ1) is 7.18. The van der Waals surface area contributed by atoms with Crippen LogP contribution in [0.3, 0.4) is 0 Å². The van der Waals surface area contributed by atoms with E-state index in [1.807, 2.05) is 20.8 Å². The molecule has 1 saturated heterocycles. The van der Waals surface area contributed by atoms with Crippen molar-refractivity contribution in [3.05, 3.63) is 0 Å². The second-order valence-electron chi connectivity index (χ2n) is 6.92. The minimum Gasteiger partial charge on any atom is -0.460 e. The molecule has 3 heteroatoms. The molecule has 0 radical (unpaired) electrons. The molecule has 0 aromatic heterocycles. The maximum atomic E-state index is 11.7. The SMILES string of the molecule is CC(C)(C)OC(=O)CC1CCC[Si](C)(C)C1. The third-order valence-electron chi connectivity index (χ3n) is 3.18. The lowest BCUT2D eigenvalue weighted by Crippen LogP contribution is -2.34. The Bertz CT molecular complexity index is 253. The standard InChI is InChI=1S/C13H26O2Si/c1-13(2,3)15-12(14)9-11-7-6-8-16(4,5)10-11/h11H,6-10H2,1-5H3. The molecule has 0 aromatic rings. The summed E-state index contributed by atoms with van der Waals surface area (Å²) in [5.74, 6) is 0.578. The van der Waals surface area contributed by atoms with E-state index in [2.05, 4.69) is 13.1 Å². The third-order valence-corrected chi connectivity index (χ3v) is 6.57. The second-order valence-corrected chi connectivity index (χ2v) is 12.2. The van der Waals surface area contributed by atoms with Gasteiger partial charge >= 0.3 is 5.97 Å². The minimum atomic E-state index is -0.987. The van der Waals surface area contributed by atoms with Gasteiger partial charge in [0.2, 0.25) is 0 Å². The summed E-state index contributed by atoms with van der Waals surface area (Å²) in [7, 11) is -0.987. The Kier molecular flexibility index (Phi) is 4.21. The maximum absolute atomic E-state index is 11.7. The summed E-state index contributed by atoms with van der Waals surface area (Å²) in [6.45, 7) is 10.7. The van der Waals surface area contributed by atoms with Crippen molar-refractivity contribution in [1.29, 1.82) is 0 Å². The molecule has 0 aromatic carbocycles. The summed E-state index contributed by atoms with van der Waals surface area (Å²) in [4.78, 5) is 11.7. The quantitative estimate of drug-likeness (QED) is 0.543. The number of hydrogen-bond donors (Lipinski definition) is 0. The van der Waals surface area contributed by atoms with Crippen molar-refractivity contribution in [3.63, 3.8) is 0 Å². The van der Waals surface area contributed by atoms with Gasteiger partial charge in [0, 0.05) is 14.5 Å². The molecular weight excluding hydrogens is 216 g/mol. The highest BCUT2D eigenvalue weighted by molar-refractivity contribution is 6.77. The number of carbonyl (C=O) groups is 1. The molecule has 16 heavy (non-hydrogen) atoms. The van der Waals surface area contributed by atoms with E-state index in [4.69, 9.17) is 4.74 Å². The normalized spacial score (nSPS) is 25.2. The smallest absolute Gasteiger partial charge is 0.306 e. The van der Waals surface area contributed by atoms with Crippen molar-refractivity contribution in [2.45, 2.75) is 70.8 Å². The Hall–Kier alpha value is -0.313. The van der Waals surface area contributed by atoms with Crippen LogP contribution in [0.25, 0.3) is 0 Å². The zero-order valence-electron chi connectivity index (χ0n) is 11.4. The summed E-state index contributed by atoms with van der Waals surface area (Å²) >= 11 is 0. The monoisotopic (exact) mass is 242 g/mol. The van der Waals surface area contributed by atoms with E-state index >= 15 is 0 Å². The van der Waals surface area contributed by atoms with Crippen LogP contribution in [-0.4, -0.2) is 19.6 Å². The number of carbonyl (C=O) groups excluding carboxylic acids is 1. The summed E-state index contributed by atoms with van der Waals surface area (Å²) in [5.41, 5.74) is -0.335. The van der Waals surface area contributed by atoms with Gasteiger partial charge in [0.1, 0.15) is 5.60 Å².